The topological polar surface area (TPSA) is 107 Å². The molecule has 1 aromatic carbocycles. The van der Waals surface area contributed by atoms with Crippen molar-refractivity contribution in [2.45, 2.75) is 45.9 Å². The number of nitrogens with zero attached hydrogens (tertiary/aromatic N) is 2. The lowest BCUT2D eigenvalue weighted by molar-refractivity contribution is -0.157. The van der Waals surface area contributed by atoms with E-state index in [-0.39, 0.29) is 11.4 Å². The van der Waals surface area contributed by atoms with Gasteiger partial charge in [-0.3, -0.25) is 14.6 Å². The molecule has 0 bridgehead atoms. The van der Waals surface area contributed by atoms with Gasteiger partial charge in [0.05, 0.1) is 0 Å². The number of carboxylic acids is 1. The van der Waals surface area contributed by atoms with Gasteiger partial charge in [0.25, 0.3) is 0 Å². The van der Waals surface area contributed by atoms with E-state index in [2.05, 4.69) is 0 Å². The fourth-order valence-electron chi connectivity index (χ4n) is 3.47. The fourth-order valence-corrected chi connectivity index (χ4v) is 4.66. The third-order valence-electron chi connectivity index (χ3n) is 4.83. The molecule has 1 aliphatic heterocycles. The molecule has 2 heterocycles. The Morgan fingerprint density at radius 2 is 1.84 bits per heavy atom. The van der Waals surface area contributed by atoms with Crippen molar-refractivity contribution in [2.75, 3.05) is 18.0 Å². The van der Waals surface area contributed by atoms with Crippen molar-refractivity contribution in [3.8, 4) is 0 Å². The number of aromatic carboxylic acids is 1. The van der Waals surface area contributed by atoms with Crippen molar-refractivity contribution in [3.05, 3.63) is 51.9 Å². The van der Waals surface area contributed by atoms with Gasteiger partial charge in [-0.25, -0.2) is 9.59 Å². The highest BCUT2D eigenvalue weighted by Gasteiger charge is 2.42. The van der Waals surface area contributed by atoms with Crippen LogP contribution in [0.4, 0.5) is 9.80 Å². The van der Waals surface area contributed by atoms with Crippen LogP contribution in [-0.4, -0.2) is 51.8 Å². The smallest absolute Gasteiger partial charge is 0.346 e. The Kier molecular flexibility index (Phi) is 6.38. The summed E-state index contributed by atoms with van der Waals surface area (Å²) < 4.78 is 5.31. The first kappa shape index (κ1) is 22.8. The molecule has 1 aromatic heterocycles. The zero-order valence-corrected chi connectivity index (χ0v) is 18.7. The Morgan fingerprint density at radius 3 is 2.42 bits per heavy atom. The Hall–Kier alpha value is -2.91. The molecule has 1 unspecified atom stereocenters. The number of carbonyl (C=O) groups is 3. The molecule has 1 aliphatic rings. The highest BCUT2D eigenvalue weighted by molar-refractivity contribution is 7.18. The van der Waals surface area contributed by atoms with Gasteiger partial charge in [-0.1, -0.05) is 30.3 Å². The van der Waals surface area contributed by atoms with Crippen LogP contribution in [0.1, 0.15) is 53.4 Å². The molecule has 1 atom stereocenters. The molecule has 9 heteroatoms. The lowest BCUT2D eigenvalue weighted by atomic mass is 10.1. The van der Waals surface area contributed by atoms with Gasteiger partial charge in [0.2, 0.25) is 0 Å². The molecule has 2 N–H and O–H groups in total. The van der Waals surface area contributed by atoms with Gasteiger partial charge in [-0.15, -0.1) is 11.3 Å². The lowest BCUT2D eigenvalue weighted by Crippen LogP contribution is -2.52. The molecule has 8 nitrogen and oxygen atoms in total. The maximum Gasteiger partial charge on any atom is 0.346 e. The molecular formula is C22H26N2O6S. The highest BCUT2D eigenvalue weighted by atomic mass is 32.1. The van der Waals surface area contributed by atoms with Crippen LogP contribution in [0.25, 0.3) is 0 Å². The molecule has 0 saturated carbocycles. The molecule has 0 spiro atoms. The van der Waals surface area contributed by atoms with Crippen LogP contribution < -0.4 is 4.90 Å². The number of rotatable bonds is 6. The normalized spacial score (nSPS) is 16.3. The molecule has 0 fully saturated rings. The van der Waals surface area contributed by atoms with Gasteiger partial charge in [-0.05, 0) is 45.2 Å². The number of urea groups is 1. The molecule has 2 aromatic rings. The van der Waals surface area contributed by atoms with Crippen molar-refractivity contribution >= 4 is 34.3 Å². The van der Waals surface area contributed by atoms with Crippen LogP contribution in [0.5, 0.6) is 0 Å². The average molecular weight is 447 g/mol. The Morgan fingerprint density at radius 1 is 1.19 bits per heavy atom. The van der Waals surface area contributed by atoms with Crippen LogP contribution in [0.15, 0.2) is 30.3 Å². The summed E-state index contributed by atoms with van der Waals surface area (Å²) in [6, 6.07) is 8.99. The van der Waals surface area contributed by atoms with Crippen molar-refractivity contribution in [3.63, 3.8) is 0 Å². The maximum atomic E-state index is 13.3. The van der Waals surface area contributed by atoms with Crippen LogP contribution in [0.3, 0.4) is 0 Å². The van der Waals surface area contributed by atoms with E-state index in [4.69, 9.17) is 4.74 Å². The Balaban J connectivity index is 1.96. The second-order valence-electron chi connectivity index (χ2n) is 8.34. The van der Waals surface area contributed by atoms with Crippen LogP contribution in [-0.2, 0) is 16.0 Å². The van der Waals surface area contributed by atoms with E-state index in [1.807, 2.05) is 30.3 Å². The summed E-state index contributed by atoms with van der Waals surface area (Å²) in [4.78, 5) is 39.8. The Labute approximate surface area is 184 Å². The van der Waals surface area contributed by atoms with E-state index in [1.54, 1.807) is 27.7 Å². The number of thiophene rings is 1. The second-order valence-corrected chi connectivity index (χ2v) is 9.34. The van der Waals surface area contributed by atoms with Crippen molar-refractivity contribution in [1.82, 2.24) is 4.90 Å². The summed E-state index contributed by atoms with van der Waals surface area (Å²) in [5.74, 6) is -1.78. The zero-order valence-electron chi connectivity index (χ0n) is 17.9. The predicted octanol–water partition coefficient (Wildman–Crippen LogP) is 3.57. The second kappa shape index (κ2) is 8.68. The van der Waals surface area contributed by atoms with Crippen molar-refractivity contribution in [1.29, 1.82) is 0 Å². The minimum atomic E-state index is -1.44. The fraction of sp³-hybridized carbons (Fsp3) is 0.409. The zero-order chi connectivity index (χ0) is 22.9. The number of fused-ring (bicyclic) bond motifs is 1. The number of carbonyl (C=O) groups excluding carboxylic acids is 2. The molecule has 31 heavy (non-hydrogen) atoms. The minimum Gasteiger partial charge on any atom is -0.477 e. The molecule has 0 aliphatic carbocycles. The van der Waals surface area contributed by atoms with E-state index in [9.17, 15) is 24.6 Å². The number of hydrogen-bond donors (Lipinski definition) is 2. The highest BCUT2D eigenvalue weighted by Crippen LogP contribution is 2.44. The Bertz CT molecular complexity index is 995. The van der Waals surface area contributed by atoms with Crippen LogP contribution in [0.2, 0.25) is 0 Å². The van der Waals surface area contributed by atoms with Gasteiger partial charge in [-0.2, -0.15) is 0 Å². The summed E-state index contributed by atoms with van der Waals surface area (Å²) in [7, 11) is 0. The van der Waals surface area contributed by atoms with Gasteiger partial charge >= 0.3 is 18.0 Å². The number of carboxylic acid groups (broad SMARTS) is 1. The van der Waals surface area contributed by atoms with E-state index in [1.165, 1.54) is 4.90 Å². The molecule has 0 radical (unpaired) electrons. The molecule has 2 amide bonds. The van der Waals surface area contributed by atoms with E-state index < -0.39 is 36.3 Å². The number of anilines is 1. The summed E-state index contributed by atoms with van der Waals surface area (Å²) in [5, 5.41) is 20.8. The SMILES string of the molecule is Cc1c(C(=O)O)sc2c1C(O)N(CC(=O)OC(C)(C)C)C(=O)N2CCc1ccccc1. The quantitative estimate of drug-likeness (QED) is 0.657. The number of hydrogen-bond acceptors (Lipinski definition) is 6. The summed E-state index contributed by atoms with van der Waals surface area (Å²) >= 11 is 0.954. The maximum absolute atomic E-state index is 13.3. The lowest BCUT2D eigenvalue weighted by Gasteiger charge is -2.38. The molecule has 0 saturated heterocycles. The molecule has 3 rings (SSSR count). The monoisotopic (exact) mass is 446 g/mol. The average Bonchev–Trinajstić information content (AvgIpc) is 3.02. The van der Waals surface area contributed by atoms with Crippen molar-refractivity contribution in [2.24, 2.45) is 0 Å². The number of aliphatic hydroxyl groups excluding tert-OH is 1. The summed E-state index contributed by atoms with van der Waals surface area (Å²) in [6.45, 7) is 6.56. The first-order chi connectivity index (χ1) is 14.5. The standard InChI is InChI=1S/C22H26N2O6S/c1-13-16-18(26)24(12-15(25)30-22(2,3)4)21(29)23(19(16)31-17(13)20(27)28)11-10-14-8-6-5-7-9-14/h5-9,18,26H,10-12H2,1-4H3,(H,27,28). The third kappa shape index (κ3) is 4.88. The van der Waals surface area contributed by atoms with Gasteiger partial charge in [0.1, 0.15) is 22.0 Å². The third-order valence-corrected chi connectivity index (χ3v) is 6.15. The number of esters is 1. The molecule has 166 valence electrons. The summed E-state index contributed by atoms with van der Waals surface area (Å²) in [6.07, 6.45) is -0.908. The molecular weight excluding hydrogens is 420 g/mol. The summed E-state index contributed by atoms with van der Waals surface area (Å²) in [5.41, 5.74) is 0.978. The van der Waals surface area contributed by atoms with Gasteiger partial charge < -0.3 is 14.9 Å². The van der Waals surface area contributed by atoms with E-state index in [0.717, 1.165) is 21.8 Å². The number of benzene rings is 1. The predicted molar refractivity (Wildman–Crippen MR) is 116 cm³/mol. The van der Waals surface area contributed by atoms with Crippen LogP contribution in [0, 0.1) is 6.92 Å². The van der Waals surface area contributed by atoms with E-state index in [0.29, 0.717) is 22.5 Å². The van der Waals surface area contributed by atoms with E-state index >= 15 is 0 Å². The number of aliphatic hydroxyl groups is 1. The van der Waals surface area contributed by atoms with Gasteiger partial charge in [0, 0.05) is 12.1 Å². The van der Waals surface area contributed by atoms with Crippen LogP contribution >= 0.6 is 11.3 Å². The first-order valence-corrected chi connectivity index (χ1v) is 10.7. The minimum absolute atomic E-state index is 0.0562. The van der Waals surface area contributed by atoms with Crippen molar-refractivity contribution < 1.29 is 29.3 Å². The number of amides is 2. The largest absolute Gasteiger partial charge is 0.477 e. The van der Waals surface area contributed by atoms with Gasteiger partial charge in [0.15, 0.2) is 6.23 Å². The number of ether oxygens (including phenoxy) is 1. The first-order valence-electron chi connectivity index (χ1n) is 9.88.